The van der Waals surface area contributed by atoms with Gasteiger partial charge in [-0.25, -0.2) is 4.98 Å². The van der Waals surface area contributed by atoms with Crippen LogP contribution in [-0.4, -0.2) is 47.7 Å². The minimum absolute atomic E-state index is 0.0883. The fourth-order valence-electron chi connectivity index (χ4n) is 2.66. The molecule has 4 nitrogen and oxygen atoms in total. The number of aliphatic hydroxyl groups excluding tert-OH is 1. The maximum absolute atomic E-state index is 9.42. The van der Waals surface area contributed by atoms with Crippen molar-refractivity contribution in [2.24, 2.45) is 0 Å². The minimum Gasteiger partial charge on any atom is -0.392 e. The SMILES string of the molecule is CCCN1CCN(c2cc(CO)cc(C(C)C)n2)CC1. The van der Waals surface area contributed by atoms with Gasteiger partial charge in [0.15, 0.2) is 0 Å². The van der Waals surface area contributed by atoms with Crippen LogP contribution in [0.1, 0.15) is 44.4 Å². The molecule has 0 aromatic carbocycles. The third kappa shape index (κ3) is 3.70. The molecular weight excluding hydrogens is 250 g/mol. The second-order valence-corrected chi connectivity index (χ2v) is 5.90. The molecule has 1 saturated heterocycles. The summed E-state index contributed by atoms with van der Waals surface area (Å²) >= 11 is 0. The molecule has 0 spiro atoms. The van der Waals surface area contributed by atoms with E-state index >= 15 is 0 Å². The number of pyridine rings is 1. The van der Waals surface area contributed by atoms with Crippen LogP contribution in [0, 0.1) is 0 Å². The van der Waals surface area contributed by atoms with Crippen LogP contribution in [0.4, 0.5) is 5.82 Å². The molecule has 0 saturated carbocycles. The normalized spacial score (nSPS) is 16.9. The molecule has 2 heterocycles. The lowest BCUT2D eigenvalue weighted by atomic mass is 10.1. The summed E-state index contributed by atoms with van der Waals surface area (Å²) in [7, 11) is 0. The Morgan fingerprint density at radius 3 is 2.45 bits per heavy atom. The van der Waals surface area contributed by atoms with Crippen LogP contribution in [0.15, 0.2) is 12.1 Å². The lowest BCUT2D eigenvalue weighted by Gasteiger charge is -2.35. The van der Waals surface area contributed by atoms with Crippen molar-refractivity contribution in [2.45, 2.75) is 39.7 Å². The first-order valence-corrected chi connectivity index (χ1v) is 7.73. The van der Waals surface area contributed by atoms with E-state index < -0.39 is 0 Å². The summed E-state index contributed by atoms with van der Waals surface area (Å²) in [4.78, 5) is 9.63. The van der Waals surface area contributed by atoms with E-state index in [2.05, 4.69) is 30.6 Å². The van der Waals surface area contributed by atoms with E-state index in [1.807, 2.05) is 12.1 Å². The minimum atomic E-state index is 0.0883. The second-order valence-electron chi connectivity index (χ2n) is 5.90. The van der Waals surface area contributed by atoms with Gasteiger partial charge in [-0.1, -0.05) is 20.8 Å². The lowest BCUT2D eigenvalue weighted by molar-refractivity contribution is 0.257. The molecule has 20 heavy (non-hydrogen) atoms. The van der Waals surface area contributed by atoms with Crippen LogP contribution >= 0.6 is 0 Å². The molecule has 112 valence electrons. The van der Waals surface area contributed by atoms with E-state index in [9.17, 15) is 5.11 Å². The van der Waals surface area contributed by atoms with E-state index in [4.69, 9.17) is 4.98 Å². The van der Waals surface area contributed by atoms with Crippen molar-refractivity contribution in [2.75, 3.05) is 37.6 Å². The number of piperazine rings is 1. The molecule has 1 aromatic rings. The fourth-order valence-corrected chi connectivity index (χ4v) is 2.66. The Kier molecular flexibility index (Phi) is 5.38. The first kappa shape index (κ1) is 15.3. The Balaban J connectivity index is 2.10. The monoisotopic (exact) mass is 277 g/mol. The quantitative estimate of drug-likeness (QED) is 0.896. The standard InChI is InChI=1S/C16H27N3O/c1-4-5-18-6-8-19(9-7-18)16-11-14(12-20)10-15(17-16)13(2)3/h10-11,13,20H,4-9,12H2,1-3H3. The number of aliphatic hydroxyl groups is 1. The summed E-state index contributed by atoms with van der Waals surface area (Å²) in [5.41, 5.74) is 2.04. The van der Waals surface area contributed by atoms with Gasteiger partial charge in [-0.05, 0) is 36.6 Å². The molecule has 0 radical (unpaired) electrons. The number of hydrogen-bond donors (Lipinski definition) is 1. The third-order valence-corrected chi connectivity index (χ3v) is 3.90. The summed E-state index contributed by atoms with van der Waals surface area (Å²) in [5.74, 6) is 1.41. The Morgan fingerprint density at radius 2 is 1.90 bits per heavy atom. The largest absolute Gasteiger partial charge is 0.392 e. The summed E-state index contributed by atoms with van der Waals surface area (Å²) in [6.45, 7) is 12.1. The van der Waals surface area contributed by atoms with Gasteiger partial charge in [0.1, 0.15) is 5.82 Å². The Bertz CT molecular complexity index is 426. The summed E-state index contributed by atoms with van der Waals surface area (Å²) in [6, 6.07) is 4.04. The van der Waals surface area contributed by atoms with Crippen molar-refractivity contribution in [3.8, 4) is 0 Å². The maximum atomic E-state index is 9.42. The third-order valence-electron chi connectivity index (χ3n) is 3.90. The molecule has 2 rings (SSSR count). The van der Waals surface area contributed by atoms with Crippen molar-refractivity contribution >= 4 is 5.82 Å². The Morgan fingerprint density at radius 1 is 1.20 bits per heavy atom. The van der Waals surface area contributed by atoms with Gasteiger partial charge in [0.05, 0.1) is 6.61 Å². The van der Waals surface area contributed by atoms with E-state index in [0.717, 1.165) is 43.3 Å². The predicted molar refractivity (Wildman–Crippen MR) is 83.2 cm³/mol. The van der Waals surface area contributed by atoms with Crippen LogP contribution in [0.5, 0.6) is 0 Å². The number of aromatic nitrogens is 1. The molecule has 1 aliphatic rings. The van der Waals surface area contributed by atoms with Crippen LogP contribution in [-0.2, 0) is 6.61 Å². The fraction of sp³-hybridized carbons (Fsp3) is 0.688. The molecular formula is C16H27N3O. The number of nitrogens with zero attached hydrogens (tertiary/aromatic N) is 3. The van der Waals surface area contributed by atoms with Crippen molar-refractivity contribution < 1.29 is 5.11 Å². The zero-order valence-corrected chi connectivity index (χ0v) is 13.0. The van der Waals surface area contributed by atoms with Crippen molar-refractivity contribution in [1.82, 2.24) is 9.88 Å². The van der Waals surface area contributed by atoms with Crippen molar-refractivity contribution in [3.63, 3.8) is 0 Å². The first-order valence-electron chi connectivity index (χ1n) is 7.73. The average molecular weight is 277 g/mol. The van der Waals surface area contributed by atoms with Gasteiger partial charge in [0.25, 0.3) is 0 Å². The van der Waals surface area contributed by atoms with Gasteiger partial charge >= 0.3 is 0 Å². The summed E-state index contributed by atoms with van der Waals surface area (Å²) < 4.78 is 0. The van der Waals surface area contributed by atoms with Gasteiger partial charge < -0.3 is 10.0 Å². The summed E-state index contributed by atoms with van der Waals surface area (Å²) in [5, 5.41) is 9.42. The van der Waals surface area contributed by atoms with Crippen LogP contribution in [0.3, 0.4) is 0 Å². The molecule has 1 N–H and O–H groups in total. The molecule has 1 fully saturated rings. The number of rotatable bonds is 5. The molecule has 0 atom stereocenters. The van der Waals surface area contributed by atoms with Gasteiger partial charge in [0.2, 0.25) is 0 Å². The first-order chi connectivity index (χ1) is 9.63. The highest BCUT2D eigenvalue weighted by Gasteiger charge is 2.18. The van der Waals surface area contributed by atoms with Gasteiger partial charge in [-0.3, -0.25) is 4.90 Å². The van der Waals surface area contributed by atoms with Gasteiger partial charge in [-0.2, -0.15) is 0 Å². The van der Waals surface area contributed by atoms with Crippen LogP contribution in [0.2, 0.25) is 0 Å². The molecule has 1 aliphatic heterocycles. The van der Waals surface area contributed by atoms with E-state index in [1.165, 1.54) is 13.0 Å². The maximum Gasteiger partial charge on any atom is 0.129 e. The Hall–Kier alpha value is -1.13. The second kappa shape index (κ2) is 7.04. The highest BCUT2D eigenvalue weighted by molar-refractivity contribution is 5.43. The smallest absolute Gasteiger partial charge is 0.129 e. The lowest BCUT2D eigenvalue weighted by Crippen LogP contribution is -2.46. The molecule has 0 bridgehead atoms. The zero-order valence-electron chi connectivity index (χ0n) is 13.0. The molecule has 1 aromatic heterocycles. The van der Waals surface area contributed by atoms with E-state index in [0.29, 0.717) is 5.92 Å². The van der Waals surface area contributed by atoms with Gasteiger partial charge in [0, 0.05) is 31.9 Å². The number of hydrogen-bond acceptors (Lipinski definition) is 4. The number of anilines is 1. The predicted octanol–water partition coefficient (Wildman–Crippen LogP) is 2.23. The topological polar surface area (TPSA) is 39.6 Å². The summed E-state index contributed by atoms with van der Waals surface area (Å²) in [6.07, 6.45) is 1.22. The van der Waals surface area contributed by atoms with Crippen LogP contribution < -0.4 is 4.90 Å². The molecule has 0 aliphatic carbocycles. The highest BCUT2D eigenvalue weighted by Crippen LogP contribution is 2.21. The van der Waals surface area contributed by atoms with Crippen LogP contribution in [0.25, 0.3) is 0 Å². The average Bonchev–Trinajstić information content (AvgIpc) is 2.47. The van der Waals surface area contributed by atoms with Gasteiger partial charge in [-0.15, -0.1) is 0 Å². The molecule has 0 unspecified atom stereocenters. The molecule has 0 amide bonds. The van der Waals surface area contributed by atoms with Crippen molar-refractivity contribution in [3.05, 3.63) is 23.4 Å². The van der Waals surface area contributed by atoms with Crippen molar-refractivity contribution in [1.29, 1.82) is 0 Å². The Labute approximate surface area is 122 Å². The molecule has 4 heteroatoms. The van der Waals surface area contributed by atoms with E-state index in [1.54, 1.807) is 0 Å². The van der Waals surface area contributed by atoms with E-state index in [-0.39, 0.29) is 6.61 Å². The zero-order chi connectivity index (χ0) is 14.5. The highest BCUT2D eigenvalue weighted by atomic mass is 16.3.